The first-order valence-corrected chi connectivity index (χ1v) is 11.3. The monoisotopic (exact) mass is 443 g/mol. The van der Waals surface area contributed by atoms with E-state index in [0.717, 1.165) is 24.2 Å². The molecule has 33 heavy (non-hydrogen) atoms. The van der Waals surface area contributed by atoms with Gasteiger partial charge in [-0.2, -0.15) is 0 Å². The zero-order valence-corrected chi connectivity index (χ0v) is 19.0. The molecule has 0 radical (unpaired) electrons. The molecule has 3 aromatic rings. The van der Waals surface area contributed by atoms with Crippen molar-refractivity contribution in [2.75, 3.05) is 31.5 Å². The van der Waals surface area contributed by atoms with Crippen LogP contribution in [0.5, 0.6) is 5.75 Å². The lowest BCUT2D eigenvalue weighted by atomic mass is 10.00. The molecule has 1 heterocycles. The van der Waals surface area contributed by atoms with Crippen molar-refractivity contribution in [1.82, 2.24) is 10.2 Å². The number of nitrogens with zero attached hydrogens (tertiary/aromatic N) is 1. The van der Waals surface area contributed by atoms with Crippen LogP contribution in [0.4, 0.5) is 5.69 Å². The Bertz CT molecular complexity index is 1150. The van der Waals surface area contributed by atoms with E-state index in [-0.39, 0.29) is 17.6 Å². The summed E-state index contributed by atoms with van der Waals surface area (Å²) in [7, 11) is 0. The van der Waals surface area contributed by atoms with Crippen molar-refractivity contribution < 1.29 is 14.7 Å². The molecule has 3 aromatic carbocycles. The highest BCUT2D eigenvalue weighted by molar-refractivity contribution is 6.05. The van der Waals surface area contributed by atoms with Gasteiger partial charge in [-0.25, -0.2) is 0 Å². The van der Waals surface area contributed by atoms with Crippen molar-refractivity contribution in [3.05, 3.63) is 83.4 Å². The first kappa shape index (κ1) is 22.6. The molecule has 0 saturated carbocycles. The standard InChI is InChI=1S/C27H29N3O3/c1-18(2)21-4-3-5-24(15-21)29-26(32)23-14-22(16-25(31)17-23)19-6-8-20(9-7-19)27(33)30-12-10-28-11-13-30/h3-9,14-18,28,31H,10-13H2,1-2H3,(H,29,32). The van der Waals surface area contributed by atoms with Crippen LogP contribution in [0, 0.1) is 0 Å². The van der Waals surface area contributed by atoms with E-state index >= 15 is 0 Å². The van der Waals surface area contributed by atoms with E-state index in [2.05, 4.69) is 24.5 Å². The molecule has 0 aliphatic carbocycles. The minimum atomic E-state index is -0.293. The number of rotatable bonds is 5. The van der Waals surface area contributed by atoms with Gasteiger partial charge in [0.05, 0.1) is 0 Å². The molecule has 0 spiro atoms. The summed E-state index contributed by atoms with van der Waals surface area (Å²) in [5, 5.41) is 16.4. The van der Waals surface area contributed by atoms with Gasteiger partial charge in [-0.3, -0.25) is 9.59 Å². The summed E-state index contributed by atoms with van der Waals surface area (Å²) in [5.41, 5.74) is 4.37. The van der Waals surface area contributed by atoms with Gasteiger partial charge in [0, 0.05) is 43.0 Å². The average Bonchev–Trinajstić information content (AvgIpc) is 2.84. The Morgan fingerprint density at radius 1 is 0.909 bits per heavy atom. The molecular formula is C27H29N3O3. The van der Waals surface area contributed by atoms with Gasteiger partial charge < -0.3 is 20.6 Å². The molecule has 1 aliphatic rings. The van der Waals surface area contributed by atoms with Gasteiger partial charge in [0.15, 0.2) is 0 Å². The number of aromatic hydroxyl groups is 1. The predicted molar refractivity (Wildman–Crippen MR) is 131 cm³/mol. The Labute approximate surface area is 194 Å². The van der Waals surface area contributed by atoms with E-state index < -0.39 is 0 Å². The first-order chi connectivity index (χ1) is 15.9. The quantitative estimate of drug-likeness (QED) is 0.543. The van der Waals surface area contributed by atoms with Crippen molar-refractivity contribution in [1.29, 1.82) is 0 Å². The number of phenols is 1. The van der Waals surface area contributed by atoms with Crippen LogP contribution in [0.1, 0.15) is 46.0 Å². The Hall–Kier alpha value is -3.64. The van der Waals surface area contributed by atoms with Gasteiger partial charge in [-0.15, -0.1) is 0 Å². The maximum atomic E-state index is 12.9. The summed E-state index contributed by atoms with van der Waals surface area (Å²) in [6.45, 7) is 7.22. The van der Waals surface area contributed by atoms with Crippen molar-refractivity contribution in [2.45, 2.75) is 19.8 Å². The van der Waals surface area contributed by atoms with Gasteiger partial charge in [-0.05, 0) is 65.1 Å². The Morgan fingerprint density at radius 2 is 1.64 bits per heavy atom. The van der Waals surface area contributed by atoms with Crippen LogP contribution in [0.25, 0.3) is 11.1 Å². The maximum Gasteiger partial charge on any atom is 0.255 e. The molecule has 170 valence electrons. The molecule has 4 rings (SSSR count). The van der Waals surface area contributed by atoms with E-state index in [4.69, 9.17) is 0 Å². The topological polar surface area (TPSA) is 81.7 Å². The molecule has 3 N–H and O–H groups in total. The SMILES string of the molecule is CC(C)c1cccc(NC(=O)c2cc(O)cc(-c3ccc(C(=O)N4CCNCC4)cc3)c2)c1. The van der Waals surface area contributed by atoms with Gasteiger partial charge in [0.1, 0.15) is 5.75 Å². The van der Waals surface area contributed by atoms with E-state index in [9.17, 15) is 14.7 Å². The zero-order chi connectivity index (χ0) is 23.4. The summed E-state index contributed by atoms with van der Waals surface area (Å²) < 4.78 is 0. The molecular weight excluding hydrogens is 414 g/mol. The van der Waals surface area contributed by atoms with E-state index in [1.807, 2.05) is 41.3 Å². The fraction of sp³-hybridized carbons (Fsp3) is 0.259. The zero-order valence-electron chi connectivity index (χ0n) is 19.0. The number of anilines is 1. The summed E-state index contributed by atoms with van der Waals surface area (Å²) in [4.78, 5) is 27.4. The Kier molecular flexibility index (Phi) is 6.75. The van der Waals surface area contributed by atoms with Crippen LogP contribution in [-0.2, 0) is 0 Å². The molecule has 0 bridgehead atoms. The van der Waals surface area contributed by atoms with Gasteiger partial charge in [0.25, 0.3) is 11.8 Å². The molecule has 6 heteroatoms. The molecule has 0 atom stereocenters. The fourth-order valence-corrected chi connectivity index (χ4v) is 3.94. The predicted octanol–water partition coefficient (Wildman–Crippen LogP) is 4.48. The second-order valence-corrected chi connectivity index (χ2v) is 8.62. The number of carbonyl (C=O) groups excluding carboxylic acids is 2. The second kappa shape index (κ2) is 9.88. The average molecular weight is 444 g/mol. The van der Waals surface area contributed by atoms with E-state index in [1.54, 1.807) is 24.3 Å². The highest BCUT2D eigenvalue weighted by Crippen LogP contribution is 2.27. The maximum absolute atomic E-state index is 12.9. The Balaban J connectivity index is 1.52. The summed E-state index contributed by atoms with van der Waals surface area (Å²) in [6, 6.07) is 19.8. The van der Waals surface area contributed by atoms with Crippen molar-refractivity contribution in [3.8, 4) is 16.9 Å². The van der Waals surface area contributed by atoms with Crippen LogP contribution in [-0.4, -0.2) is 48.0 Å². The molecule has 0 unspecified atom stereocenters. The third-order valence-corrected chi connectivity index (χ3v) is 5.86. The van der Waals surface area contributed by atoms with Gasteiger partial charge in [-0.1, -0.05) is 38.1 Å². The second-order valence-electron chi connectivity index (χ2n) is 8.62. The fourth-order valence-electron chi connectivity index (χ4n) is 3.94. The van der Waals surface area contributed by atoms with Crippen LogP contribution >= 0.6 is 0 Å². The lowest BCUT2D eigenvalue weighted by Gasteiger charge is -2.27. The lowest BCUT2D eigenvalue weighted by molar-refractivity contribution is 0.0735. The Morgan fingerprint density at radius 3 is 2.33 bits per heavy atom. The number of hydrogen-bond donors (Lipinski definition) is 3. The highest BCUT2D eigenvalue weighted by atomic mass is 16.3. The summed E-state index contributed by atoms with van der Waals surface area (Å²) in [6.07, 6.45) is 0. The summed E-state index contributed by atoms with van der Waals surface area (Å²) in [5.74, 6) is 0.0893. The number of amides is 2. The van der Waals surface area contributed by atoms with Crippen molar-refractivity contribution >= 4 is 17.5 Å². The minimum Gasteiger partial charge on any atom is -0.508 e. The molecule has 6 nitrogen and oxygen atoms in total. The number of benzene rings is 3. The first-order valence-electron chi connectivity index (χ1n) is 11.3. The van der Waals surface area contributed by atoms with E-state index in [1.165, 1.54) is 6.07 Å². The summed E-state index contributed by atoms with van der Waals surface area (Å²) >= 11 is 0. The molecule has 0 aromatic heterocycles. The molecule has 2 amide bonds. The molecule has 1 saturated heterocycles. The van der Waals surface area contributed by atoms with Crippen molar-refractivity contribution in [2.24, 2.45) is 0 Å². The number of carbonyl (C=O) groups is 2. The minimum absolute atomic E-state index is 0.00884. The normalized spacial score (nSPS) is 13.7. The third-order valence-electron chi connectivity index (χ3n) is 5.86. The number of hydrogen-bond acceptors (Lipinski definition) is 4. The largest absolute Gasteiger partial charge is 0.508 e. The van der Waals surface area contributed by atoms with Gasteiger partial charge >= 0.3 is 0 Å². The third kappa shape index (κ3) is 5.41. The van der Waals surface area contributed by atoms with Crippen LogP contribution in [0.3, 0.4) is 0 Å². The van der Waals surface area contributed by atoms with E-state index in [0.29, 0.717) is 41.4 Å². The van der Waals surface area contributed by atoms with Gasteiger partial charge in [0.2, 0.25) is 0 Å². The molecule has 1 fully saturated rings. The number of piperazine rings is 1. The number of nitrogens with one attached hydrogen (secondary N) is 2. The lowest BCUT2D eigenvalue weighted by Crippen LogP contribution is -2.46. The molecule has 1 aliphatic heterocycles. The van der Waals surface area contributed by atoms with Crippen LogP contribution in [0.2, 0.25) is 0 Å². The number of phenolic OH excluding ortho intramolecular Hbond substituents is 1. The van der Waals surface area contributed by atoms with Crippen LogP contribution in [0.15, 0.2) is 66.7 Å². The van der Waals surface area contributed by atoms with Crippen LogP contribution < -0.4 is 10.6 Å². The smallest absolute Gasteiger partial charge is 0.255 e. The highest BCUT2D eigenvalue weighted by Gasteiger charge is 2.18. The van der Waals surface area contributed by atoms with Crippen molar-refractivity contribution in [3.63, 3.8) is 0 Å².